The summed E-state index contributed by atoms with van der Waals surface area (Å²) in [6, 6.07) is 6.39. The van der Waals surface area contributed by atoms with Gasteiger partial charge in [-0.2, -0.15) is 13.2 Å². The van der Waals surface area contributed by atoms with Crippen molar-refractivity contribution in [3.63, 3.8) is 0 Å². The van der Waals surface area contributed by atoms with Gasteiger partial charge in [-0.05, 0) is 160 Å². The van der Waals surface area contributed by atoms with E-state index in [1.165, 1.54) is 13.0 Å². The highest BCUT2D eigenvalue weighted by atomic mass is 19.4. The number of anilines is 1. The number of nitrogens with zero attached hydrogens (tertiary/aromatic N) is 5. The topological polar surface area (TPSA) is 221 Å². The zero-order valence-corrected chi connectivity index (χ0v) is 48.7. The lowest BCUT2D eigenvalue weighted by molar-refractivity contribution is -0.137. The number of carbonyl (C=O) groups excluding carboxylic acids is 5. The molecule has 18 nitrogen and oxygen atoms in total. The summed E-state index contributed by atoms with van der Waals surface area (Å²) >= 11 is 0. The minimum absolute atomic E-state index is 0.0108. The number of fused-ring (bicyclic) bond motifs is 1. The van der Waals surface area contributed by atoms with Gasteiger partial charge in [0.05, 0.1) is 48.0 Å². The van der Waals surface area contributed by atoms with Crippen molar-refractivity contribution in [3.8, 4) is 0 Å². The zero-order valence-electron chi connectivity index (χ0n) is 48.7. The van der Waals surface area contributed by atoms with E-state index < -0.39 is 17.8 Å². The van der Waals surface area contributed by atoms with E-state index in [-0.39, 0.29) is 112 Å². The number of hydrogen-bond acceptors (Lipinski definition) is 13. The summed E-state index contributed by atoms with van der Waals surface area (Å²) in [7, 11) is 1.87. The minimum atomic E-state index is -4.59. The Hall–Kier alpha value is -5.51. The Labute approximate surface area is 481 Å². The number of alkyl halides is 3. The van der Waals surface area contributed by atoms with Crippen molar-refractivity contribution >= 4 is 46.3 Å². The van der Waals surface area contributed by atoms with E-state index in [9.17, 15) is 37.1 Å². The maximum absolute atomic E-state index is 14.2. The fourth-order valence-electron chi connectivity index (χ4n) is 13.9. The summed E-state index contributed by atoms with van der Waals surface area (Å²) in [5, 5.41) is 20.2. The van der Waals surface area contributed by atoms with Crippen molar-refractivity contribution in [2.45, 2.75) is 222 Å². The number of halogens is 3. The molecule has 1 aromatic carbocycles. The molecule has 4 saturated carbocycles. The van der Waals surface area contributed by atoms with Gasteiger partial charge in [0, 0.05) is 112 Å². The molecule has 4 heterocycles. The maximum atomic E-state index is 14.2. The lowest BCUT2D eigenvalue weighted by Gasteiger charge is -2.43. The van der Waals surface area contributed by atoms with Crippen molar-refractivity contribution in [3.05, 3.63) is 59.7 Å². The molecule has 1 unspecified atom stereocenters. The lowest BCUT2D eigenvalue weighted by Crippen LogP contribution is -2.59. The molecule has 2 aromatic heterocycles. The second-order valence-corrected chi connectivity index (χ2v) is 25.3. The molecule has 21 heteroatoms. The quantitative estimate of drug-likeness (QED) is 0.0566. The Morgan fingerprint density at radius 3 is 2.17 bits per heavy atom. The normalized spacial score (nSPS) is 29.2. The third-order valence-corrected chi connectivity index (χ3v) is 18.0. The number of hydrogen-bond donors (Lipinski definition) is 6. The third-order valence-electron chi connectivity index (χ3n) is 18.0. The zero-order chi connectivity index (χ0) is 58.1. The number of ether oxygens (including phenoxy) is 2. The molecule has 6 aliphatic rings. The van der Waals surface area contributed by atoms with Crippen LogP contribution in [0.25, 0.3) is 10.9 Å². The SMILES string of the molecule is CC(=O)N[C@@H]1C[C@H](NC(C)(C)C)CC[C@@H]1N1CC[C@H](Nc2nc([C@H]3CC[C@H](NC(=O)[C@H]4CC[C@H](NC(=O)CCCO[C@H]5CC[C@H](OCCNCC6CC(=O)N(C)[C@@H]6c6cccnc6)CC5)CC4)CC3)nc3ccc(C(F)(F)F)cc23)C1=O. The van der Waals surface area contributed by atoms with Crippen LogP contribution < -0.4 is 31.9 Å². The van der Waals surface area contributed by atoms with E-state index in [0.29, 0.717) is 108 Å². The summed E-state index contributed by atoms with van der Waals surface area (Å²) in [4.78, 5) is 83.2. The molecule has 0 bridgehead atoms. The Morgan fingerprint density at radius 2 is 1.49 bits per heavy atom. The molecular formula is C61H88F3N11O7. The number of rotatable bonds is 21. The Bertz CT molecular complexity index is 2660. The standard InChI is InChI=1S/C61H88F3N11O7/c1-37(76)67-51-34-45(73-60(2,3)4)19-25-52(51)75-29-26-50(59(75)80)71-57-48-33-42(61(62,63)64)14-24-49(48)70-56(72-57)38-10-15-44(16-11-38)69-58(79)39-12-17-43(18-13-39)68-53(77)9-7-30-81-46-20-22-47(23-21-46)82-31-28-66-36-41-32-54(78)74(5)55(41)40-8-6-27-65-35-40/h6,8,14,24,27,33,35,38-39,41,43-47,50-52,55,66,73H,7,9-13,15-23,25-26,28-32,34,36H2,1-5H3,(H,67,76)(H,68,77)(H,69,79)(H,70,71,72)/t38-,39-,41?,43-,44-,45-,46-,47-,50+,51-,52+,55-/m1/s1. The molecule has 0 spiro atoms. The van der Waals surface area contributed by atoms with Gasteiger partial charge in [-0.1, -0.05) is 6.07 Å². The van der Waals surface area contributed by atoms with Crippen molar-refractivity contribution in [2.24, 2.45) is 11.8 Å². The van der Waals surface area contributed by atoms with Crippen molar-refractivity contribution in [1.82, 2.24) is 51.3 Å². The van der Waals surface area contributed by atoms with E-state index in [1.807, 2.05) is 35.2 Å². The van der Waals surface area contributed by atoms with Crippen LogP contribution in [0.3, 0.4) is 0 Å². The summed E-state index contributed by atoms with van der Waals surface area (Å²) in [6.45, 7) is 10.8. The van der Waals surface area contributed by atoms with Crippen LogP contribution in [-0.2, 0) is 39.6 Å². The summed E-state index contributed by atoms with van der Waals surface area (Å²) < 4.78 is 54.6. The first-order valence-electron chi connectivity index (χ1n) is 30.4. The molecule has 2 saturated heterocycles. The van der Waals surface area contributed by atoms with Crippen LogP contribution in [-0.4, -0.2) is 148 Å². The van der Waals surface area contributed by atoms with Gasteiger partial charge in [-0.25, -0.2) is 9.97 Å². The van der Waals surface area contributed by atoms with Gasteiger partial charge in [0.1, 0.15) is 17.7 Å². The van der Waals surface area contributed by atoms with Crippen LogP contribution in [0.2, 0.25) is 0 Å². The number of carbonyl (C=O) groups is 5. The number of pyridine rings is 1. The average Bonchev–Trinajstić information content (AvgIpc) is 4.13. The Kier molecular flexibility index (Phi) is 20.5. The Balaban J connectivity index is 0.664. The van der Waals surface area contributed by atoms with Crippen LogP contribution in [0.15, 0.2) is 42.7 Å². The van der Waals surface area contributed by atoms with Gasteiger partial charge in [0.25, 0.3) is 0 Å². The monoisotopic (exact) mass is 1140 g/mol. The van der Waals surface area contributed by atoms with E-state index in [4.69, 9.17) is 19.4 Å². The smallest absolute Gasteiger partial charge is 0.378 e. The fraction of sp³-hybridized carbons (Fsp3) is 0.705. The van der Waals surface area contributed by atoms with E-state index >= 15 is 0 Å². The number of nitrogens with one attached hydrogen (secondary N) is 6. The minimum Gasteiger partial charge on any atom is -0.378 e. The number of likely N-dealkylation sites (tertiary alicyclic amines) is 2. The molecule has 3 aromatic rings. The van der Waals surface area contributed by atoms with Gasteiger partial charge in [0.2, 0.25) is 29.5 Å². The number of amides is 5. The van der Waals surface area contributed by atoms with Crippen molar-refractivity contribution in [1.29, 1.82) is 0 Å². The molecule has 450 valence electrons. The van der Waals surface area contributed by atoms with E-state index in [2.05, 4.69) is 57.7 Å². The van der Waals surface area contributed by atoms with Crippen LogP contribution in [0.5, 0.6) is 0 Å². The van der Waals surface area contributed by atoms with E-state index in [1.54, 1.807) is 6.20 Å². The molecule has 4 aliphatic carbocycles. The summed E-state index contributed by atoms with van der Waals surface area (Å²) in [6.07, 6.45) is 12.9. The fourth-order valence-corrected chi connectivity index (χ4v) is 13.9. The van der Waals surface area contributed by atoms with Gasteiger partial charge in [-0.3, -0.25) is 29.0 Å². The average molecular weight is 1140 g/mol. The van der Waals surface area contributed by atoms with E-state index in [0.717, 1.165) is 75.7 Å². The van der Waals surface area contributed by atoms with Gasteiger partial charge in [0.15, 0.2) is 0 Å². The van der Waals surface area contributed by atoms with Crippen LogP contribution in [0, 0.1) is 11.8 Å². The second-order valence-electron chi connectivity index (χ2n) is 25.3. The molecule has 6 fully saturated rings. The van der Waals surface area contributed by atoms with Crippen LogP contribution >= 0.6 is 0 Å². The molecule has 0 radical (unpaired) electrons. The third kappa shape index (κ3) is 16.2. The lowest BCUT2D eigenvalue weighted by atomic mass is 9.83. The van der Waals surface area contributed by atoms with Gasteiger partial charge in [-0.15, -0.1) is 0 Å². The van der Waals surface area contributed by atoms with Gasteiger partial charge < -0.3 is 51.2 Å². The van der Waals surface area contributed by atoms with Gasteiger partial charge >= 0.3 is 6.18 Å². The Morgan fingerprint density at radius 1 is 0.793 bits per heavy atom. The second kappa shape index (κ2) is 27.5. The molecule has 6 N–H and O–H groups in total. The molecule has 5 amide bonds. The molecule has 9 rings (SSSR count). The highest BCUT2D eigenvalue weighted by Gasteiger charge is 2.44. The van der Waals surface area contributed by atoms with Crippen LogP contribution in [0.4, 0.5) is 19.0 Å². The van der Waals surface area contributed by atoms with Crippen molar-refractivity contribution in [2.75, 3.05) is 45.2 Å². The predicted molar refractivity (Wildman–Crippen MR) is 305 cm³/mol. The first-order chi connectivity index (χ1) is 39.2. The molecule has 82 heavy (non-hydrogen) atoms. The first-order valence-corrected chi connectivity index (χ1v) is 30.4. The first kappa shape index (κ1) is 61.1. The largest absolute Gasteiger partial charge is 0.416 e. The van der Waals surface area contributed by atoms with Crippen molar-refractivity contribution < 1.29 is 46.6 Å². The summed E-state index contributed by atoms with van der Waals surface area (Å²) in [5.74, 6) is 0.499. The number of aromatic nitrogens is 3. The maximum Gasteiger partial charge on any atom is 0.416 e. The molecule has 2 aliphatic heterocycles. The predicted octanol–water partition coefficient (Wildman–Crippen LogP) is 7.62. The number of benzene rings is 1. The summed E-state index contributed by atoms with van der Waals surface area (Å²) in [5.41, 5.74) is 0.468. The highest BCUT2D eigenvalue weighted by Crippen LogP contribution is 2.39. The molecule has 6 atom stereocenters. The molecular weight excluding hydrogens is 1060 g/mol. The highest BCUT2D eigenvalue weighted by molar-refractivity contribution is 5.94. The van der Waals surface area contributed by atoms with Crippen LogP contribution in [0.1, 0.15) is 179 Å².